The minimum absolute atomic E-state index is 0.569. The zero-order valence-corrected chi connectivity index (χ0v) is 13.3. The van der Waals surface area contributed by atoms with Crippen molar-refractivity contribution in [3.63, 3.8) is 0 Å². The summed E-state index contributed by atoms with van der Waals surface area (Å²) in [5, 5.41) is 2.19. The molecule has 2 aromatic carbocycles. The standard InChI is InChI=1S/C16H14BrN2O2/c1-20-15-10-11-18-16(21-2,19(15)17)14-9-5-7-12-6-3-4-8-13(12)14/h3-10H,1-2H3. The second-order valence-electron chi connectivity index (χ2n) is 4.55. The van der Waals surface area contributed by atoms with Gasteiger partial charge in [0.05, 0.1) is 29.5 Å². The molecule has 1 unspecified atom stereocenters. The van der Waals surface area contributed by atoms with Crippen molar-refractivity contribution in [1.82, 2.24) is 3.93 Å². The van der Waals surface area contributed by atoms with Crippen LogP contribution in [-0.4, -0.2) is 24.4 Å². The molecular formula is C16H14BrN2O2. The van der Waals surface area contributed by atoms with Crippen molar-refractivity contribution in [1.29, 1.82) is 0 Å². The summed E-state index contributed by atoms with van der Waals surface area (Å²) >= 11 is 3.50. The highest BCUT2D eigenvalue weighted by molar-refractivity contribution is 9.07. The van der Waals surface area contributed by atoms with Gasteiger partial charge in [0.15, 0.2) is 0 Å². The van der Waals surface area contributed by atoms with E-state index in [1.165, 1.54) is 0 Å². The highest BCUT2D eigenvalue weighted by atomic mass is 79.9. The predicted octanol–water partition coefficient (Wildman–Crippen LogP) is 3.66. The largest absolute Gasteiger partial charge is 0.482 e. The van der Waals surface area contributed by atoms with Crippen molar-refractivity contribution in [2.24, 2.45) is 4.99 Å². The zero-order valence-electron chi connectivity index (χ0n) is 11.7. The summed E-state index contributed by atoms with van der Waals surface area (Å²) in [6.45, 7) is 0. The highest BCUT2D eigenvalue weighted by Gasteiger charge is 2.42. The summed E-state index contributed by atoms with van der Waals surface area (Å²) in [5.41, 5.74) is 0.912. The predicted molar refractivity (Wildman–Crippen MR) is 85.9 cm³/mol. The Labute approximate surface area is 132 Å². The third-order valence-corrected chi connectivity index (χ3v) is 4.33. The number of benzene rings is 2. The van der Waals surface area contributed by atoms with Gasteiger partial charge in [0.2, 0.25) is 5.88 Å². The van der Waals surface area contributed by atoms with E-state index in [1.807, 2.05) is 30.3 Å². The van der Waals surface area contributed by atoms with Gasteiger partial charge < -0.3 is 9.47 Å². The van der Waals surface area contributed by atoms with Crippen LogP contribution < -0.4 is 0 Å². The van der Waals surface area contributed by atoms with Gasteiger partial charge >= 0.3 is 0 Å². The molecule has 4 nitrogen and oxygen atoms in total. The Morgan fingerprint density at radius 2 is 1.90 bits per heavy atom. The van der Waals surface area contributed by atoms with Crippen LogP contribution in [0.1, 0.15) is 5.56 Å². The van der Waals surface area contributed by atoms with Crippen LogP contribution in [0.5, 0.6) is 0 Å². The normalized spacial score (nSPS) is 21.5. The first-order valence-electron chi connectivity index (χ1n) is 6.44. The van der Waals surface area contributed by atoms with Gasteiger partial charge in [-0.15, -0.1) is 0 Å². The number of methoxy groups -OCH3 is 2. The second-order valence-corrected chi connectivity index (χ2v) is 5.26. The molecule has 0 N–H and O–H groups in total. The lowest BCUT2D eigenvalue weighted by molar-refractivity contribution is -0.0912. The summed E-state index contributed by atoms with van der Waals surface area (Å²) < 4.78 is 12.8. The maximum Gasteiger partial charge on any atom is 0.280 e. The molecule has 0 aliphatic carbocycles. The van der Waals surface area contributed by atoms with Gasteiger partial charge in [-0.3, -0.25) is 0 Å². The van der Waals surface area contributed by atoms with Crippen molar-refractivity contribution >= 4 is 33.1 Å². The van der Waals surface area contributed by atoms with Crippen LogP contribution in [0.4, 0.5) is 0 Å². The number of rotatable bonds is 3. The summed E-state index contributed by atoms with van der Waals surface area (Å²) in [6.07, 6.45) is 4.51. The van der Waals surface area contributed by atoms with Gasteiger partial charge in [-0.25, -0.2) is 8.92 Å². The molecule has 0 spiro atoms. The number of halogens is 1. The third kappa shape index (κ3) is 2.13. The van der Waals surface area contributed by atoms with Crippen molar-refractivity contribution in [3.8, 4) is 0 Å². The Hall–Kier alpha value is -1.85. The SMILES string of the molecule is COC1=C[C]=NC(OC)(c2cccc3ccccc23)N1Br. The molecule has 1 atom stereocenters. The minimum atomic E-state index is -1.05. The molecule has 1 aliphatic rings. The quantitative estimate of drug-likeness (QED) is 0.796. The number of nitrogens with zero attached hydrogens (tertiary/aromatic N) is 2. The lowest BCUT2D eigenvalue weighted by Crippen LogP contribution is -2.42. The Morgan fingerprint density at radius 3 is 2.67 bits per heavy atom. The molecule has 0 saturated heterocycles. The van der Waals surface area contributed by atoms with Crippen LogP contribution in [-0.2, 0) is 15.3 Å². The number of ether oxygens (including phenoxy) is 2. The average Bonchev–Trinajstić information content (AvgIpc) is 2.55. The maximum atomic E-state index is 5.75. The van der Waals surface area contributed by atoms with E-state index in [-0.39, 0.29) is 0 Å². The minimum Gasteiger partial charge on any atom is -0.482 e. The Bertz CT molecular complexity index is 724. The summed E-state index contributed by atoms with van der Waals surface area (Å²) in [7, 11) is 3.20. The summed E-state index contributed by atoms with van der Waals surface area (Å²) in [5.74, 6) is -0.485. The van der Waals surface area contributed by atoms with Crippen molar-refractivity contribution in [3.05, 3.63) is 60.0 Å². The first-order valence-corrected chi connectivity index (χ1v) is 7.15. The van der Waals surface area contributed by atoms with Crippen LogP contribution in [0.3, 0.4) is 0 Å². The molecule has 0 fully saturated rings. The molecule has 21 heavy (non-hydrogen) atoms. The van der Waals surface area contributed by atoms with Crippen molar-refractivity contribution in [2.75, 3.05) is 14.2 Å². The monoisotopic (exact) mass is 345 g/mol. The molecule has 0 aromatic heterocycles. The van der Waals surface area contributed by atoms with E-state index in [1.54, 1.807) is 24.2 Å². The Kier molecular flexibility index (Phi) is 3.69. The smallest absolute Gasteiger partial charge is 0.280 e. The molecule has 2 aromatic rings. The van der Waals surface area contributed by atoms with E-state index < -0.39 is 5.85 Å². The van der Waals surface area contributed by atoms with E-state index in [0.717, 1.165) is 16.3 Å². The Morgan fingerprint density at radius 1 is 1.14 bits per heavy atom. The van der Waals surface area contributed by atoms with Gasteiger partial charge in [0.25, 0.3) is 5.85 Å². The number of fused-ring (bicyclic) bond motifs is 1. The van der Waals surface area contributed by atoms with Crippen molar-refractivity contribution < 1.29 is 9.47 Å². The van der Waals surface area contributed by atoms with Crippen molar-refractivity contribution in [2.45, 2.75) is 5.85 Å². The topological polar surface area (TPSA) is 34.1 Å². The summed E-state index contributed by atoms with van der Waals surface area (Å²) in [6, 6.07) is 14.1. The molecule has 0 amide bonds. The zero-order chi connectivity index (χ0) is 14.9. The van der Waals surface area contributed by atoms with E-state index in [2.05, 4.69) is 39.5 Å². The van der Waals surface area contributed by atoms with Gasteiger partial charge in [-0.2, -0.15) is 0 Å². The van der Waals surface area contributed by atoms with Crippen LogP contribution in [0.25, 0.3) is 10.8 Å². The number of allylic oxidation sites excluding steroid dienone is 1. The second kappa shape index (κ2) is 5.50. The van der Waals surface area contributed by atoms with Crippen LogP contribution >= 0.6 is 16.1 Å². The molecule has 1 aliphatic heterocycles. The highest BCUT2D eigenvalue weighted by Crippen LogP contribution is 2.41. The first kappa shape index (κ1) is 14.1. The fraction of sp³-hybridized carbons (Fsp3) is 0.188. The molecular weight excluding hydrogens is 332 g/mol. The maximum absolute atomic E-state index is 5.75. The van der Waals surface area contributed by atoms with E-state index in [0.29, 0.717) is 5.88 Å². The molecule has 0 bridgehead atoms. The number of aliphatic imine (C=N–C) groups is 1. The molecule has 0 saturated carbocycles. The van der Waals surface area contributed by atoms with Gasteiger partial charge in [-0.05, 0) is 10.8 Å². The van der Waals surface area contributed by atoms with Gasteiger partial charge in [0.1, 0.15) is 0 Å². The molecule has 3 rings (SSSR count). The van der Waals surface area contributed by atoms with Crippen LogP contribution in [0.15, 0.2) is 59.4 Å². The number of hydrogen-bond donors (Lipinski definition) is 0. The van der Waals surface area contributed by atoms with Crippen LogP contribution in [0.2, 0.25) is 0 Å². The van der Waals surface area contributed by atoms with E-state index in [9.17, 15) is 0 Å². The lowest BCUT2D eigenvalue weighted by Gasteiger charge is -2.38. The van der Waals surface area contributed by atoms with Gasteiger partial charge in [-0.1, -0.05) is 42.5 Å². The van der Waals surface area contributed by atoms with Crippen LogP contribution in [0, 0.1) is 0 Å². The van der Waals surface area contributed by atoms with E-state index in [4.69, 9.17) is 9.47 Å². The molecule has 5 heteroatoms. The molecule has 107 valence electrons. The molecule has 1 radical (unpaired) electrons. The van der Waals surface area contributed by atoms with Gasteiger partial charge in [0, 0.05) is 18.7 Å². The first-order chi connectivity index (χ1) is 10.2. The fourth-order valence-corrected chi connectivity index (χ4v) is 3.14. The Balaban J connectivity index is 2.24. The lowest BCUT2D eigenvalue weighted by atomic mass is 10.00. The van der Waals surface area contributed by atoms with E-state index >= 15 is 0 Å². The average molecular weight is 346 g/mol. The third-order valence-electron chi connectivity index (χ3n) is 3.50. The number of hydrogen-bond acceptors (Lipinski definition) is 4. The molecule has 1 heterocycles. The summed E-state index contributed by atoms with van der Waals surface area (Å²) in [4.78, 5) is 4.43. The fourth-order valence-electron chi connectivity index (χ4n) is 2.48.